The second-order valence-electron chi connectivity index (χ2n) is 4.90. The molecule has 0 spiro atoms. The molecule has 0 aliphatic carbocycles. The fourth-order valence-electron chi connectivity index (χ4n) is 1.82. The van der Waals surface area contributed by atoms with Crippen molar-refractivity contribution in [2.45, 2.75) is 43.5 Å². The molecule has 0 aromatic rings. The van der Waals surface area contributed by atoms with Gasteiger partial charge in [0.05, 0.1) is 19.6 Å². The van der Waals surface area contributed by atoms with Crippen LogP contribution in [-0.2, 0) is 14.3 Å². The number of carboxylic acid groups (broad SMARTS) is 1. The molecule has 0 aromatic carbocycles. The average molecular weight is 340 g/mol. The number of carbonyl (C=O) groups is 1. The lowest BCUT2D eigenvalue weighted by Gasteiger charge is -2.39. The fraction of sp³-hybridized carbons (Fsp3) is 0.562. The highest BCUT2D eigenvalue weighted by Crippen LogP contribution is 2.21. The maximum atomic E-state index is 10.2. The van der Waals surface area contributed by atoms with Crippen LogP contribution in [0.25, 0.3) is 0 Å². The topological polar surface area (TPSA) is 137 Å². The molecule has 0 unspecified atom stereocenters. The number of carboxylic acids is 1. The first-order valence-corrected chi connectivity index (χ1v) is 7.24. The van der Waals surface area contributed by atoms with Crippen LogP contribution in [-0.4, -0.2) is 75.4 Å². The van der Waals surface area contributed by atoms with E-state index in [0.29, 0.717) is 0 Å². The van der Waals surface area contributed by atoms with Gasteiger partial charge in [0.25, 0.3) is 0 Å². The van der Waals surface area contributed by atoms with Gasteiger partial charge in [0.1, 0.15) is 24.4 Å². The lowest BCUT2D eigenvalue weighted by atomic mass is 9.99. The fourth-order valence-corrected chi connectivity index (χ4v) is 1.82. The number of hydrogen-bond acceptors (Lipinski definition) is 7. The van der Waals surface area contributed by atoms with Crippen molar-refractivity contribution in [1.29, 1.82) is 0 Å². The van der Waals surface area contributed by atoms with E-state index >= 15 is 0 Å². The van der Waals surface area contributed by atoms with E-state index in [9.17, 15) is 20.1 Å². The number of aliphatic hydroxyl groups excluding tert-OH is 4. The van der Waals surface area contributed by atoms with Crippen LogP contribution in [0.15, 0.2) is 12.2 Å². The Morgan fingerprint density at radius 2 is 1.92 bits per heavy atom. The van der Waals surface area contributed by atoms with Gasteiger partial charge in [-0.05, 0) is 17.9 Å². The number of aliphatic hydroxyl groups is 4. The lowest BCUT2D eigenvalue weighted by Crippen LogP contribution is -2.59. The predicted octanol–water partition coefficient (Wildman–Crippen LogP) is -1.77. The van der Waals surface area contributed by atoms with E-state index in [1.165, 1.54) is 12.2 Å². The van der Waals surface area contributed by atoms with Crippen LogP contribution in [0.5, 0.6) is 0 Å². The van der Waals surface area contributed by atoms with E-state index in [4.69, 9.17) is 19.7 Å². The van der Waals surface area contributed by atoms with E-state index < -0.39 is 43.3 Å². The molecular weight excluding hydrogens is 320 g/mol. The first-order valence-electron chi connectivity index (χ1n) is 7.24. The Bertz CT molecular complexity index is 548. The normalized spacial score (nSPS) is 29.4. The SMILES string of the molecule is O=C(O)CCC#CC#C/C=C\CO[C@@H]1O[C@H](CO)[C@@H](O)[C@H](O)[C@H]1O. The molecule has 1 rings (SSSR count). The van der Waals surface area contributed by atoms with Crippen LogP contribution in [0.4, 0.5) is 0 Å². The third-order valence-corrected chi connectivity index (χ3v) is 3.09. The highest BCUT2D eigenvalue weighted by molar-refractivity contribution is 5.67. The zero-order chi connectivity index (χ0) is 17.9. The second kappa shape index (κ2) is 10.8. The molecule has 132 valence electrons. The summed E-state index contributed by atoms with van der Waals surface area (Å²) in [5.41, 5.74) is 0. The Morgan fingerprint density at radius 1 is 1.17 bits per heavy atom. The summed E-state index contributed by atoms with van der Waals surface area (Å²) in [6.07, 6.45) is -3.37. The van der Waals surface area contributed by atoms with Gasteiger partial charge in [0, 0.05) is 6.42 Å². The van der Waals surface area contributed by atoms with Crippen LogP contribution in [0.3, 0.4) is 0 Å². The summed E-state index contributed by atoms with van der Waals surface area (Å²) >= 11 is 0. The number of rotatable bonds is 6. The molecule has 0 amide bonds. The standard InChI is InChI=1S/C16H20O8/c17-10-11-13(20)14(21)15(22)16(24-11)23-9-7-5-3-1-2-4-6-8-12(18)19/h5,7,11,13-17,20-22H,6,8-10H2,(H,18,19)/b7-5-/t11-,13-,14+,15-,16-/m1/s1. The molecule has 1 aliphatic rings. The van der Waals surface area contributed by atoms with E-state index in [1.54, 1.807) is 0 Å². The molecule has 8 nitrogen and oxygen atoms in total. The van der Waals surface area contributed by atoms with Crippen molar-refractivity contribution in [3.8, 4) is 23.7 Å². The molecule has 0 saturated carbocycles. The average Bonchev–Trinajstić information content (AvgIpc) is 2.56. The Kier molecular flexibility index (Phi) is 9.05. The van der Waals surface area contributed by atoms with Gasteiger partial charge in [0.2, 0.25) is 0 Å². The van der Waals surface area contributed by atoms with Gasteiger partial charge in [0.15, 0.2) is 6.29 Å². The molecule has 5 atom stereocenters. The first kappa shape index (κ1) is 20.1. The van der Waals surface area contributed by atoms with Crippen LogP contribution < -0.4 is 0 Å². The van der Waals surface area contributed by atoms with Gasteiger partial charge in [-0.15, -0.1) is 0 Å². The minimum Gasteiger partial charge on any atom is -0.481 e. The smallest absolute Gasteiger partial charge is 0.304 e. The molecular formula is C16H20O8. The first-order chi connectivity index (χ1) is 11.5. The molecule has 1 aliphatic heterocycles. The predicted molar refractivity (Wildman–Crippen MR) is 81.3 cm³/mol. The molecule has 0 radical (unpaired) electrons. The zero-order valence-electron chi connectivity index (χ0n) is 12.8. The maximum absolute atomic E-state index is 10.2. The van der Waals surface area contributed by atoms with Crippen molar-refractivity contribution in [2.75, 3.05) is 13.2 Å². The minimum absolute atomic E-state index is 0.0177. The van der Waals surface area contributed by atoms with Crippen LogP contribution >= 0.6 is 0 Å². The Balaban J connectivity index is 2.35. The van der Waals surface area contributed by atoms with Crippen molar-refractivity contribution in [1.82, 2.24) is 0 Å². The summed E-state index contributed by atoms with van der Waals surface area (Å²) in [4.78, 5) is 10.2. The summed E-state index contributed by atoms with van der Waals surface area (Å²) in [6.45, 7) is -0.503. The number of hydrogen-bond donors (Lipinski definition) is 5. The highest BCUT2D eigenvalue weighted by atomic mass is 16.7. The molecule has 1 fully saturated rings. The van der Waals surface area contributed by atoms with Gasteiger partial charge in [-0.1, -0.05) is 17.9 Å². The maximum Gasteiger partial charge on any atom is 0.304 e. The summed E-state index contributed by atoms with van der Waals surface area (Å²) in [6, 6.07) is 0. The molecule has 0 aromatic heterocycles. The monoisotopic (exact) mass is 340 g/mol. The van der Waals surface area contributed by atoms with Crippen molar-refractivity contribution in [3.63, 3.8) is 0 Å². The molecule has 1 saturated heterocycles. The Hall–Kier alpha value is -1.91. The third-order valence-electron chi connectivity index (χ3n) is 3.09. The van der Waals surface area contributed by atoms with Crippen LogP contribution in [0.2, 0.25) is 0 Å². The summed E-state index contributed by atoms with van der Waals surface area (Å²) < 4.78 is 10.4. The van der Waals surface area contributed by atoms with Crippen molar-refractivity contribution >= 4 is 5.97 Å². The summed E-state index contributed by atoms with van der Waals surface area (Å²) in [7, 11) is 0. The van der Waals surface area contributed by atoms with Crippen molar-refractivity contribution in [2.24, 2.45) is 0 Å². The van der Waals surface area contributed by atoms with Crippen molar-refractivity contribution < 1.29 is 39.8 Å². The zero-order valence-corrected chi connectivity index (χ0v) is 12.8. The highest BCUT2D eigenvalue weighted by Gasteiger charge is 2.43. The van der Waals surface area contributed by atoms with Crippen LogP contribution in [0.1, 0.15) is 12.8 Å². The van der Waals surface area contributed by atoms with Gasteiger partial charge in [-0.2, -0.15) is 0 Å². The summed E-state index contributed by atoms with van der Waals surface area (Å²) in [5.74, 6) is 9.26. The lowest BCUT2D eigenvalue weighted by molar-refractivity contribution is -0.298. The van der Waals surface area contributed by atoms with Gasteiger partial charge in [-0.3, -0.25) is 4.79 Å². The molecule has 1 heterocycles. The molecule has 8 heteroatoms. The van der Waals surface area contributed by atoms with Crippen LogP contribution in [0, 0.1) is 23.7 Å². The number of ether oxygens (including phenoxy) is 2. The molecule has 0 bridgehead atoms. The number of aliphatic carboxylic acids is 1. The second-order valence-corrected chi connectivity index (χ2v) is 4.90. The minimum atomic E-state index is -1.48. The molecule has 5 N–H and O–H groups in total. The largest absolute Gasteiger partial charge is 0.481 e. The van der Waals surface area contributed by atoms with Gasteiger partial charge < -0.3 is 35.0 Å². The van der Waals surface area contributed by atoms with E-state index in [-0.39, 0.29) is 19.4 Å². The third kappa shape index (κ3) is 6.69. The van der Waals surface area contributed by atoms with E-state index in [2.05, 4.69) is 23.7 Å². The molecule has 24 heavy (non-hydrogen) atoms. The van der Waals surface area contributed by atoms with E-state index in [0.717, 1.165) is 0 Å². The van der Waals surface area contributed by atoms with E-state index in [1.807, 2.05) is 0 Å². The van der Waals surface area contributed by atoms with Gasteiger partial charge >= 0.3 is 5.97 Å². The Morgan fingerprint density at radius 3 is 2.58 bits per heavy atom. The summed E-state index contributed by atoms with van der Waals surface area (Å²) in [5, 5.41) is 46.4. The van der Waals surface area contributed by atoms with Gasteiger partial charge in [-0.25, -0.2) is 0 Å². The quantitative estimate of drug-likeness (QED) is 0.358. The Labute approximate surface area is 139 Å². The number of allylic oxidation sites excluding steroid dienone is 1. The van der Waals surface area contributed by atoms with Crippen molar-refractivity contribution in [3.05, 3.63) is 12.2 Å².